The molecule has 0 saturated carbocycles. The maximum Gasteiger partial charge on any atom is 0.492 e. The van der Waals surface area contributed by atoms with Crippen molar-refractivity contribution in [3.05, 3.63) is 0 Å². The summed E-state index contributed by atoms with van der Waals surface area (Å²) < 4.78 is 36.3. The molecule has 7 heteroatoms. The minimum atomic E-state index is -4.82. The molecule has 0 aromatic carbocycles. The Morgan fingerprint density at radius 1 is 1.36 bits per heavy atom. The number of carbonyl (C=O) groups is 1. The average Bonchev–Trinajstić information content (AvgIpc) is 2.12. The van der Waals surface area contributed by atoms with Crippen LogP contribution in [0.2, 0.25) is 0 Å². The van der Waals surface area contributed by atoms with Gasteiger partial charge in [0.15, 0.2) is 0 Å². The van der Waals surface area contributed by atoms with Crippen LogP contribution in [0.15, 0.2) is 0 Å². The zero-order valence-electron chi connectivity index (χ0n) is 8.05. The Bertz CT molecular complexity index is 221. The molecule has 82 valence electrons. The van der Waals surface area contributed by atoms with Crippen LogP contribution in [-0.4, -0.2) is 55.8 Å². The molecule has 1 amide bonds. The van der Waals surface area contributed by atoms with Gasteiger partial charge >= 0.3 is 6.98 Å². The van der Waals surface area contributed by atoms with Crippen molar-refractivity contribution in [1.29, 1.82) is 0 Å². The summed E-state index contributed by atoms with van der Waals surface area (Å²) in [6.45, 7) is -4.05. The molecule has 14 heavy (non-hydrogen) atoms. The van der Waals surface area contributed by atoms with Crippen molar-refractivity contribution in [1.82, 2.24) is 9.80 Å². The number of amides is 1. The van der Waals surface area contributed by atoms with Gasteiger partial charge in [0.25, 0.3) is 0 Å². The fourth-order valence-corrected chi connectivity index (χ4v) is 1.50. The summed E-state index contributed by atoms with van der Waals surface area (Å²) in [4.78, 5) is 13.9. The van der Waals surface area contributed by atoms with Gasteiger partial charge in [0, 0.05) is 13.6 Å². The van der Waals surface area contributed by atoms with Gasteiger partial charge in [0.1, 0.15) is 0 Å². The third-order valence-corrected chi connectivity index (χ3v) is 2.22. The van der Waals surface area contributed by atoms with Crippen LogP contribution in [0.1, 0.15) is 6.42 Å². The van der Waals surface area contributed by atoms with Crippen molar-refractivity contribution in [3.63, 3.8) is 0 Å². The Morgan fingerprint density at radius 2 is 2.00 bits per heavy atom. The Morgan fingerprint density at radius 3 is 2.57 bits per heavy atom. The van der Waals surface area contributed by atoms with Crippen molar-refractivity contribution in [2.75, 3.05) is 33.1 Å². The van der Waals surface area contributed by atoms with E-state index < -0.39 is 13.4 Å². The lowest BCUT2D eigenvalue weighted by Gasteiger charge is -2.25. The van der Waals surface area contributed by atoms with Gasteiger partial charge in [-0.3, -0.25) is 4.79 Å². The Labute approximate surface area is 80.9 Å². The van der Waals surface area contributed by atoms with Crippen LogP contribution in [-0.2, 0) is 4.79 Å². The lowest BCUT2D eigenvalue weighted by Crippen LogP contribution is -2.41. The minimum Gasteiger partial charge on any atom is -0.448 e. The van der Waals surface area contributed by atoms with E-state index in [2.05, 4.69) is 0 Å². The third-order valence-electron chi connectivity index (χ3n) is 2.22. The van der Waals surface area contributed by atoms with Gasteiger partial charge in [-0.1, -0.05) is 0 Å². The summed E-state index contributed by atoms with van der Waals surface area (Å²) in [5.41, 5.74) is 0. The fourth-order valence-electron chi connectivity index (χ4n) is 1.50. The van der Waals surface area contributed by atoms with E-state index >= 15 is 0 Å². The van der Waals surface area contributed by atoms with Gasteiger partial charge in [0.05, 0.1) is 6.54 Å². The third kappa shape index (κ3) is 3.57. The number of nitrogens with zero attached hydrogens (tertiary/aromatic N) is 2. The van der Waals surface area contributed by atoms with E-state index in [4.69, 9.17) is 0 Å². The van der Waals surface area contributed by atoms with Gasteiger partial charge < -0.3 is 22.7 Å². The maximum atomic E-state index is 12.1. The van der Waals surface area contributed by atoms with Gasteiger partial charge in [-0.25, -0.2) is 0 Å². The highest BCUT2D eigenvalue weighted by Crippen LogP contribution is 2.12. The summed E-state index contributed by atoms with van der Waals surface area (Å²) in [6, 6.07) is 0. The van der Waals surface area contributed by atoms with E-state index in [9.17, 15) is 17.7 Å². The molecule has 0 unspecified atom stereocenters. The van der Waals surface area contributed by atoms with E-state index in [1.165, 1.54) is 9.80 Å². The molecule has 0 N–H and O–H groups in total. The zero-order chi connectivity index (χ0) is 10.8. The molecule has 0 atom stereocenters. The first-order chi connectivity index (χ1) is 6.38. The molecular weight excluding hydrogens is 196 g/mol. The summed E-state index contributed by atoms with van der Waals surface area (Å²) >= 11 is 0. The molecule has 0 aliphatic carbocycles. The number of hydrogen-bond donors (Lipinski definition) is 0. The van der Waals surface area contributed by atoms with Crippen molar-refractivity contribution in [3.8, 4) is 0 Å². The molecule has 0 spiro atoms. The first-order valence-corrected chi connectivity index (χ1v) is 4.56. The SMILES string of the molecule is CN1CCCN(C[B-](F)(F)F)CC1=O. The van der Waals surface area contributed by atoms with Crippen LogP contribution in [0.5, 0.6) is 0 Å². The topological polar surface area (TPSA) is 23.6 Å². The lowest BCUT2D eigenvalue weighted by atomic mass is 9.91. The van der Waals surface area contributed by atoms with Crippen molar-refractivity contribution in [2.45, 2.75) is 6.42 Å². The fraction of sp³-hybridized carbons (Fsp3) is 0.857. The van der Waals surface area contributed by atoms with Crippen molar-refractivity contribution in [2.24, 2.45) is 0 Å². The molecule has 0 radical (unpaired) electrons. The molecule has 1 aliphatic rings. The van der Waals surface area contributed by atoms with Crippen LogP contribution >= 0.6 is 0 Å². The summed E-state index contributed by atoms with van der Waals surface area (Å²) in [6.07, 6.45) is -0.325. The van der Waals surface area contributed by atoms with Crippen LogP contribution in [0.3, 0.4) is 0 Å². The predicted molar refractivity (Wildman–Crippen MR) is 47.8 cm³/mol. The number of hydrogen-bond acceptors (Lipinski definition) is 2. The van der Waals surface area contributed by atoms with Crippen molar-refractivity contribution < 1.29 is 17.7 Å². The average molecular weight is 209 g/mol. The van der Waals surface area contributed by atoms with Crippen LogP contribution in [0, 0.1) is 0 Å². The molecular formula is C7H13BF3N2O-. The second kappa shape index (κ2) is 4.21. The van der Waals surface area contributed by atoms with Crippen LogP contribution < -0.4 is 0 Å². The molecule has 0 aromatic heterocycles. The van der Waals surface area contributed by atoms with E-state index in [0.29, 0.717) is 19.5 Å². The maximum absolute atomic E-state index is 12.1. The molecule has 0 bridgehead atoms. The highest BCUT2D eigenvalue weighted by atomic mass is 19.4. The van der Waals surface area contributed by atoms with Crippen molar-refractivity contribution >= 4 is 12.9 Å². The molecule has 1 fully saturated rings. The first kappa shape index (κ1) is 11.4. The zero-order valence-corrected chi connectivity index (χ0v) is 8.05. The number of carbonyl (C=O) groups excluding carboxylic acids is 1. The highest BCUT2D eigenvalue weighted by molar-refractivity contribution is 6.58. The first-order valence-electron chi connectivity index (χ1n) is 4.56. The number of halogens is 3. The molecule has 1 rings (SSSR count). The summed E-state index contributed by atoms with van der Waals surface area (Å²) in [7, 11) is 1.62. The second-order valence-electron chi connectivity index (χ2n) is 3.61. The van der Waals surface area contributed by atoms with Gasteiger partial charge in [-0.15, -0.1) is 0 Å². The van der Waals surface area contributed by atoms with Gasteiger partial charge in [-0.2, -0.15) is 0 Å². The van der Waals surface area contributed by atoms with Crippen LogP contribution in [0.25, 0.3) is 0 Å². The van der Waals surface area contributed by atoms with E-state index in [1.54, 1.807) is 7.05 Å². The van der Waals surface area contributed by atoms with E-state index in [1.807, 2.05) is 0 Å². The standard InChI is InChI=1S/C7H13BF3N2O/c1-12-3-2-4-13(5-7(12)14)6-8(9,10)11/h2-6H2,1H3/q-1. The highest BCUT2D eigenvalue weighted by Gasteiger charge is 2.28. The van der Waals surface area contributed by atoms with Gasteiger partial charge in [0.2, 0.25) is 5.91 Å². The molecule has 3 nitrogen and oxygen atoms in total. The Kier molecular flexibility index (Phi) is 3.41. The Balaban J connectivity index is 2.51. The Hall–Kier alpha value is -0.715. The molecule has 1 saturated heterocycles. The monoisotopic (exact) mass is 209 g/mol. The second-order valence-corrected chi connectivity index (χ2v) is 3.61. The predicted octanol–water partition coefficient (Wildman–Crippen LogP) is 0.537. The number of likely N-dealkylation sites (N-methyl/N-ethyl adjacent to an activating group) is 1. The summed E-state index contributed by atoms with van der Waals surface area (Å²) in [5.74, 6) is -0.234. The minimum absolute atomic E-state index is 0.113. The van der Waals surface area contributed by atoms with Crippen LogP contribution in [0.4, 0.5) is 12.9 Å². The normalized spacial score (nSPS) is 21.1. The molecule has 1 aliphatic heterocycles. The van der Waals surface area contributed by atoms with Gasteiger partial charge in [-0.05, 0) is 19.4 Å². The number of rotatable bonds is 2. The van der Waals surface area contributed by atoms with E-state index in [-0.39, 0.29) is 12.5 Å². The molecule has 1 heterocycles. The summed E-state index contributed by atoms with van der Waals surface area (Å²) in [5, 5.41) is 0. The van der Waals surface area contributed by atoms with E-state index in [0.717, 1.165) is 0 Å². The smallest absolute Gasteiger partial charge is 0.448 e. The lowest BCUT2D eigenvalue weighted by molar-refractivity contribution is -0.129. The quantitative estimate of drug-likeness (QED) is 0.619. The largest absolute Gasteiger partial charge is 0.492 e. The molecule has 0 aromatic rings.